The van der Waals surface area contributed by atoms with Gasteiger partial charge in [-0.25, -0.2) is 23.6 Å². The first-order chi connectivity index (χ1) is 10.4. The van der Waals surface area contributed by atoms with Crippen LogP contribution < -0.4 is 23.6 Å². The van der Waals surface area contributed by atoms with Gasteiger partial charge in [0.25, 0.3) is 5.04 Å². The summed E-state index contributed by atoms with van der Waals surface area (Å²) >= 11 is 0. The molecule has 2 aromatic carbocycles. The van der Waals surface area contributed by atoms with Crippen LogP contribution in [-0.4, -0.2) is 5.04 Å². The summed E-state index contributed by atoms with van der Waals surface area (Å²) in [4.78, 5) is 3.57. The fraction of sp³-hybridized carbons (Fsp3) is 0.0714. The van der Waals surface area contributed by atoms with Crippen molar-refractivity contribution < 1.29 is 33.9 Å². The average molecular weight is 358 g/mol. The Labute approximate surface area is 137 Å². The van der Waals surface area contributed by atoms with E-state index < -0.39 is 10.2 Å². The third-order valence-corrected chi connectivity index (χ3v) is 5.19. The molecule has 1 unspecified atom stereocenters. The molecular formula is C14H12ClNO4S2. The van der Waals surface area contributed by atoms with E-state index in [1.807, 2.05) is 27.7 Å². The van der Waals surface area contributed by atoms with Gasteiger partial charge in [0.1, 0.15) is 0 Å². The molecule has 0 aromatic heterocycles. The molecule has 0 fully saturated rings. The smallest absolute Gasteiger partial charge is 0.222 e. The van der Waals surface area contributed by atoms with Gasteiger partial charge in [-0.1, -0.05) is 48.5 Å². The molecule has 1 aliphatic heterocycles. The van der Waals surface area contributed by atoms with Crippen molar-refractivity contribution >= 4 is 26.6 Å². The topological polar surface area (TPSA) is 106 Å². The van der Waals surface area contributed by atoms with Crippen molar-refractivity contribution in [1.82, 2.24) is 0 Å². The zero-order valence-corrected chi connectivity index (χ0v) is 13.6. The highest BCUT2D eigenvalue weighted by Crippen LogP contribution is 2.37. The maximum absolute atomic E-state index is 8.49. The summed E-state index contributed by atoms with van der Waals surface area (Å²) in [6.07, 6.45) is 0. The van der Waals surface area contributed by atoms with Crippen LogP contribution >= 0.6 is 21.6 Å². The average Bonchev–Trinajstić information content (AvgIpc) is 2.97. The maximum Gasteiger partial charge on any atom is 0.252 e. The van der Waals surface area contributed by atoms with Gasteiger partial charge < -0.3 is 0 Å². The SMILES string of the molecule is [O-][Cl+3]([O-])([O-])[O-].c1ccc(C2=[NH+]C(c3ccccc3)SS2)cc1. The summed E-state index contributed by atoms with van der Waals surface area (Å²) in [5.41, 5.74) is 2.60. The maximum atomic E-state index is 8.49. The zero-order chi connectivity index (χ0) is 16.0. The molecule has 0 spiro atoms. The Balaban J connectivity index is 0.000000309. The lowest BCUT2D eigenvalue weighted by molar-refractivity contribution is -2.00. The Kier molecular flexibility index (Phi) is 6.27. The Morgan fingerprint density at radius 1 is 0.818 bits per heavy atom. The standard InChI is InChI=1S/C14H11NS2.ClHO4/c1-3-7-11(8-4-1)13-15-14(17-16-13)12-9-5-2-6-10-12;2-1(3,4)5/h1-10,13H;(H,2,3,4,5). The van der Waals surface area contributed by atoms with Crippen molar-refractivity contribution in [3.8, 4) is 0 Å². The number of halogens is 1. The molecule has 0 radical (unpaired) electrons. The normalized spacial score (nSPS) is 17.5. The van der Waals surface area contributed by atoms with Gasteiger partial charge in [-0.05, 0) is 22.9 Å². The minimum atomic E-state index is -4.94. The van der Waals surface area contributed by atoms with Crippen LogP contribution in [0.5, 0.6) is 0 Å². The van der Waals surface area contributed by atoms with Crippen molar-refractivity contribution in [1.29, 1.82) is 0 Å². The summed E-state index contributed by atoms with van der Waals surface area (Å²) in [6.45, 7) is 0. The summed E-state index contributed by atoms with van der Waals surface area (Å²) in [5, 5.41) is 1.61. The van der Waals surface area contributed by atoms with E-state index in [-0.39, 0.29) is 0 Å². The lowest BCUT2D eigenvalue weighted by Crippen LogP contribution is -2.70. The molecule has 0 saturated carbocycles. The molecule has 8 heteroatoms. The molecule has 0 aliphatic carbocycles. The number of hydrogen-bond donors (Lipinski definition) is 1. The number of nitrogens with one attached hydrogen (secondary N) is 1. The quantitative estimate of drug-likeness (QED) is 0.614. The van der Waals surface area contributed by atoms with E-state index in [1.165, 1.54) is 16.2 Å². The van der Waals surface area contributed by atoms with E-state index in [0.29, 0.717) is 5.37 Å². The second kappa shape index (κ2) is 7.98. The highest BCUT2D eigenvalue weighted by atomic mass is 35.7. The summed E-state index contributed by atoms with van der Waals surface area (Å²) in [6, 6.07) is 21.0. The molecule has 3 rings (SSSR count). The van der Waals surface area contributed by atoms with E-state index in [0.717, 1.165) is 0 Å². The van der Waals surface area contributed by atoms with Crippen molar-refractivity contribution in [2.24, 2.45) is 0 Å². The Hall–Kier alpha value is -1.06. The first kappa shape index (κ1) is 17.3. The zero-order valence-electron chi connectivity index (χ0n) is 11.2. The summed E-state index contributed by atoms with van der Waals surface area (Å²) < 4.78 is 34.0. The van der Waals surface area contributed by atoms with Crippen LogP contribution in [0.1, 0.15) is 16.5 Å². The largest absolute Gasteiger partial charge is 0.252 e. The molecule has 1 atom stereocenters. The van der Waals surface area contributed by atoms with Gasteiger partial charge >= 0.3 is 0 Å². The van der Waals surface area contributed by atoms with Gasteiger partial charge in [-0.15, -0.1) is 10.2 Å². The van der Waals surface area contributed by atoms with E-state index in [9.17, 15) is 0 Å². The first-order valence-electron chi connectivity index (χ1n) is 6.12. The molecule has 1 N–H and O–H groups in total. The Bertz CT molecular complexity index is 614. The third kappa shape index (κ3) is 5.98. The van der Waals surface area contributed by atoms with Crippen molar-refractivity contribution in [2.75, 3.05) is 0 Å². The lowest BCUT2D eigenvalue weighted by Gasteiger charge is -2.17. The van der Waals surface area contributed by atoms with Crippen LogP contribution in [0.2, 0.25) is 0 Å². The Morgan fingerprint density at radius 2 is 1.32 bits per heavy atom. The molecule has 1 aliphatic rings. The molecule has 2 aromatic rings. The minimum absolute atomic E-state index is 0.358. The predicted molar refractivity (Wildman–Crippen MR) is 75.9 cm³/mol. The predicted octanol–water partition coefficient (Wildman–Crippen LogP) is -2.15. The van der Waals surface area contributed by atoms with Gasteiger partial charge in [0.05, 0.1) is 5.56 Å². The minimum Gasteiger partial charge on any atom is -0.222 e. The molecule has 0 bridgehead atoms. The first-order valence-corrected chi connectivity index (χ1v) is 9.57. The van der Waals surface area contributed by atoms with E-state index in [1.54, 1.807) is 0 Å². The summed E-state index contributed by atoms with van der Waals surface area (Å²) in [5.74, 6) is 0. The number of hydrogen-bond acceptors (Lipinski definition) is 6. The molecule has 22 heavy (non-hydrogen) atoms. The monoisotopic (exact) mass is 357 g/mol. The van der Waals surface area contributed by atoms with Crippen LogP contribution in [0.15, 0.2) is 60.7 Å². The molecule has 0 amide bonds. The molecule has 0 saturated heterocycles. The van der Waals surface area contributed by atoms with E-state index in [2.05, 4.69) is 59.6 Å². The van der Waals surface area contributed by atoms with Crippen LogP contribution in [0.3, 0.4) is 0 Å². The van der Waals surface area contributed by atoms with Crippen molar-refractivity contribution in [2.45, 2.75) is 5.37 Å². The number of benzene rings is 2. The summed E-state index contributed by atoms with van der Waals surface area (Å²) in [7, 11) is -1.26. The fourth-order valence-electron chi connectivity index (χ4n) is 1.75. The van der Waals surface area contributed by atoms with Crippen LogP contribution in [0, 0.1) is 10.2 Å². The van der Waals surface area contributed by atoms with Crippen molar-refractivity contribution in [3.63, 3.8) is 0 Å². The van der Waals surface area contributed by atoms with Gasteiger partial charge in [0.15, 0.2) is 0 Å². The molecule has 5 nitrogen and oxygen atoms in total. The Morgan fingerprint density at radius 3 is 1.86 bits per heavy atom. The fourth-order valence-corrected chi connectivity index (χ4v) is 4.34. The van der Waals surface area contributed by atoms with Crippen molar-refractivity contribution in [3.05, 3.63) is 71.8 Å². The highest BCUT2D eigenvalue weighted by molar-refractivity contribution is 8.82. The second-order valence-electron chi connectivity index (χ2n) is 4.19. The molecule has 1 heterocycles. The molecule has 116 valence electrons. The third-order valence-electron chi connectivity index (χ3n) is 2.63. The van der Waals surface area contributed by atoms with E-state index in [4.69, 9.17) is 18.6 Å². The van der Waals surface area contributed by atoms with Gasteiger partial charge in [0.2, 0.25) is 5.37 Å². The van der Waals surface area contributed by atoms with Crippen LogP contribution in [0.25, 0.3) is 0 Å². The highest BCUT2D eigenvalue weighted by Gasteiger charge is 2.28. The van der Waals surface area contributed by atoms with Gasteiger partial charge in [-0.3, -0.25) is 0 Å². The van der Waals surface area contributed by atoms with Gasteiger partial charge in [-0.2, -0.15) is 0 Å². The van der Waals surface area contributed by atoms with Crippen LogP contribution in [-0.2, 0) is 0 Å². The van der Waals surface area contributed by atoms with Gasteiger partial charge in [0, 0.05) is 16.4 Å². The van der Waals surface area contributed by atoms with Crippen LogP contribution in [0.4, 0.5) is 0 Å². The second-order valence-corrected chi connectivity index (χ2v) is 7.26. The number of rotatable bonds is 2. The lowest BCUT2D eigenvalue weighted by atomic mass is 10.2. The molecular weight excluding hydrogens is 346 g/mol. The van der Waals surface area contributed by atoms with E-state index >= 15 is 0 Å².